The molecule has 8 heteroatoms. The van der Waals surface area contributed by atoms with Crippen LogP contribution in [0.15, 0.2) is 0 Å². The lowest BCUT2D eigenvalue weighted by molar-refractivity contribution is -0.137. The third-order valence-electron chi connectivity index (χ3n) is 2.06. The van der Waals surface area contributed by atoms with Gasteiger partial charge in [-0.05, 0) is 20.8 Å². The molecule has 112 valence electrons. The fraction of sp³-hybridized carbons (Fsp3) is 0.818. The van der Waals surface area contributed by atoms with E-state index in [-0.39, 0.29) is 0 Å². The second-order valence-corrected chi connectivity index (χ2v) is 4.98. The standard InChI is InChI=1S/C11H21NO7/c1-11(2,3)19-10(18)12-6(4-13)8(16)9(17)7(15)5-14/h6-7,9,13-15,17H,4-5H2,1-3H3,(H,12,18)/t6-,7+,9+/m0/s1. The lowest BCUT2D eigenvalue weighted by atomic mass is 10.0. The highest BCUT2D eigenvalue weighted by molar-refractivity contribution is 5.91. The summed E-state index contributed by atoms with van der Waals surface area (Å²) in [6.07, 6.45) is -4.52. The monoisotopic (exact) mass is 279 g/mol. The van der Waals surface area contributed by atoms with Crippen LogP contribution < -0.4 is 5.32 Å². The summed E-state index contributed by atoms with van der Waals surface area (Å²) in [5.41, 5.74) is -0.781. The number of aliphatic hydroxyl groups is 4. The number of ketones is 1. The maximum absolute atomic E-state index is 11.6. The normalized spacial score (nSPS) is 16.4. The fourth-order valence-electron chi connectivity index (χ4n) is 1.15. The van der Waals surface area contributed by atoms with Gasteiger partial charge >= 0.3 is 6.09 Å². The Morgan fingerprint density at radius 3 is 2.05 bits per heavy atom. The number of nitrogens with one attached hydrogen (secondary N) is 1. The molecule has 0 bridgehead atoms. The highest BCUT2D eigenvalue weighted by Crippen LogP contribution is 2.07. The number of hydrogen-bond donors (Lipinski definition) is 5. The van der Waals surface area contributed by atoms with E-state index in [1.165, 1.54) is 0 Å². The summed E-state index contributed by atoms with van der Waals surface area (Å²) in [6.45, 7) is 3.26. The quantitative estimate of drug-likeness (QED) is 0.385. The minimum absolute atomic E-state index is 0.771. The zero-order valence-corrected chi connectivity index (χ0v) is 11.2. The molecule has 0 rings (SSSR count). The average Bonchev–Trinajstić information content (AvgIpc) is 2.30. The van der Waals surface area contributed by atoms with Gasteiger partial charge in [0.05, 0.1) is 13.2 Å². The van der Waals surface area contributed by atoms with Gasteiger partial charge in [0.25, 0.3) is 0 Å². The van der Waals surface area contributed by atoms with E-state index in [0.717, 1.165) is 0 Å². The van der Waals surface area contributed by atoms with Gasteiger partial charge in [-0.3, -0.25) is 4.79 Å². The van der Waals surface area contributed by atoms with Crippen molar-refractivity contribution in [2.24, 2.45) is 0 Å². The molecule has 0 heterocycles. The zero-order valence-electron chi connectivity index (χ0n) is 11.2. The van der Waals surface area contributed by atoms with Crippen molar-refractivity contribution in [1.82, 2.24) is 5.32 Å². The van der Waals surface area contributed by atoms with Gasteiger partial charge in [0.1, 0.15) is 23.9 Å². The van der Waals surface area contributed by atoms with Crippen LogP contribution in [0.3, 0.4) is 0 Å². The first-order chi connectivity index (χ1) is 8.62. The lowest BCUT2D eigenvalue weighted by Gasteiger charge is -2.24. The SMILES string of the molecule is CC(C)(C)OC(=O)N[C@@H](CO)C(=O)[C@H](O)[C@H](O)CO. The summed E-state index contributed by atoms with van der Waals surface area (Å²) >= 11 is 0. The highest BCUT2D eigenvalue weighted by Gasteiger charge is 2.32. The topological polar surface area (TPSA) is 136 Å². The van der Waals surface area contributed by atoms with Crippen LogP contribution in [0.2, 0.25) is 0 Å². The first-order valence-electron chi connectivity index (χ1n) is 5.73. The molecule has 8 nitrogen and oxygen atoms in total. The molecule has 0 aromatic rings. The number of Topliss-reactive ketones (excluding diaryl/α,β-unsaturated/α-hetero) is 1. The van der Waals surface area contributed by atoms with Crippen molar-refractivity contribution >= 4 is 11.9 Å². The van der Waals surface area contributed by atoms with E-state index in [4.69, 9.17) is 20.1 Å². The summed E-state index contributed by atoms with van der Waals surface area (Å²) in [4.78, 5) is 23.0. The van der Waals surface area contributed by atoms with Crippen molar-refractivity contribution in [3.8, 4) is 0 Å². The maximum Gasteiger partial charge on any atom is 0.408 e. The summed E-state index contributed by atoms with van der Waals surface area (Å²) in [6, 6.07) is -1.42. The molecular weight excluding hydrogens is 258 g/mol. The van der Waals surface area contributed by atoms with Crippen molar-refractivity contribution in [3.05, 3.63) is 0 Å². The molecule has 3 atom stereocenters. The molecule has 0 fully saturated rings. The number of rotatable bonds is 6. The maximum atomic E-state index is 11.6. The minimum atomic E-state index is -1.91. The lowest BCUT2D eigenvalue weighted by Crippen LogP contribution is -2.52. The van der Waals surface area contributed by atoms with Gasteiger partial charge in [0.15, 0.2) is 5.78 Å². The largest absolute Gasteiger partial charge is 0.444 e. The number of aliphatic hydroxyl groups excluding tert-OH is 4. The van der Waals surface area contributed by atoms with E-state index in [0.29, 0.717) is 0 Å². The van der Waals surface area contributed by atoms with E-state index >= 15 is 0 Å². The molecule has 0 saturated heterocycles. The third kappa shape index (κ3) is 6.48. The number of carbonyl (C=O) groups excluding carboxylic acids is 2. The Kier molecular flexibility index (Phi) is 6.91. The van der Waals surface area contributed by atoms with Crippen LogP contribution in [0, 0.1) is 0 Å². The predicted molar refractivity (Wildman–Crippen MR) is 64.3 cm³/mol. The van der Waals surface area contributed by atoms with Crippen LogP contribution in [-0.2, 0) is 9.53 Å². The van der Waals surface area contributed by atoms with Crippen LogP contribution in [0.4, 0.5) is 4.79 Å². The zero-order chi connectivity index (χ0) is 15.2. The molecule has 0 aliphatic rings. The molecule has 0 radical (unpaired) electrons. The minimum Gasteiger partial charge on any atom is -0.444 e. The third-order valence-corrected chi connectivity index (χ3v) is 2.06. The van der Waals surface area contributed by atoms with Crippen LogP contribution in [0.5, 0.6) is 0 Å². The molecule has 0 unspecified atom stereocenters. The Balaban J connectivity index is 4.58. The number of alkyl carbamates (subject to hydrolysis) is 1. The highest BCUT2D eigenvalue weighted by atomic mass is 16.6. The Morgan fingerprint density at radius 1 is 1.16 bits per heavy atom. The second-order valence-electron chi connectivity index (χ2n) is 4.98. The fourth-order valence-corrected chi connectivity index (χ4v) is 1.15. The van der Waals surface area contributed by atoms with Gasteiger partial charge in [-0.15, -0.1) is 0 Å². The molecule has 0 aliphatic heterocycles. The Hall–Kier alpha value is -1.22. The molecular formula is C11H21NO7. The van der Waals surface area contributed by atoms with Crippen LogP contribution in [0.25, 0.3) is 0 Å². The van der Waals surface area contributed by atoms with E-state index in [1.807, 2.05) is 0 Å². The van der Waals surface area contributed by atoms with Crippen molar-refractivity contribution in [2.75, 3.05) is 13.2 Å². The molecule has 0 saturated carbocycles. The van der Waals surface area contributed by atoms with Gasteiger partial charge in [0, 0.05) is 0 Å². The first-order valence-corrected chi connectivity index (χ1v) is 5.73. The molecule has 1 amide bonds. The summed E-state index contributed by atoms with van der Waals surface area (Å²) in [5.74, 6) is -1.02. The summed E-state index contributed by atoms with van der Waals surface area (Å²) in [5, 5.41) is 38.2. The van der Waals surface area contributed by atoms with Gasteiger partial charge in [-0.2, -0.15) is 0 Å². The first kappa shape index (κ1) is 17.8. The Morgan fingerprint density at radius 2 is 1.68 bits per heavy atom. The van der Waals surface area contributed by atoms with E-state index < -0.39 is 48.9 Å². The van der Waals surface area contributed by atoms with Crippen LogP contribution in [-0.4, -0.2) is 69.4 Å². The second kappa shape index (κ2) is 7.39. The van der Waals surface area contributed by atoms with Gasteiger partial charge in [-0.25, -0.2) is 4.79 Å². The molecule has 19 heavy (non-hydrogen) atoms. The summed E-state index contributed by atoms with van der Waals surface area (Å²) < 4.78 is 4.88. The van der Waals surface area contributed by atoms with Gasteiger partial charge in [-0.1, -0.05) is 0 Å². The van der Waals surface area contributed by atoms with Crippen LogP contribution >= 0.6 is 0 Å². The Labute approximate surface area is 111 Å². The number of amides is 1. The van der Waals surface area contributed by atoms with Crippen molar-refractivity contribution in [3.63, 3.8) is 0 Å². The van der Waals surface area contributed by atoms with E-state index in [1.54, 1.807) is 20.8 Å². The number of hydrogen-bond acceptors (Lipinski definition) is 7. The van der Waals surface area contributed by atoms with Gasteiger partial charge in [0.2, 0.25) is 0 Å². The molecule has 0 aromatic heterocycles. The molecule has 5 N–H and O–H groups in total. The van der Waals surface area contributed by atoms with E-state index in [2.05, 4.69) is 5.32 Å². The van der Waals surface area contributed by atoms with Crippen molar-refractivity contribution < 1.29 is 34.8 Å². The smallest absolute Gasteiger partial charge is 0.408 e. The van der Waals surface area contributed by atoms with E-state index in [9.17, 15) is 14.7 Å². The summed E-state index contributed by atoms with van der Waals surface area (Å²) in [7, 11) is 0. The average molecular weight is 279 g/mol. The van der Waals surface area contributed by atoms with Crippen molar-refractivity contribution in [1.29, 1.82) is 0 Å². The molecule has 0 spiro atoms. The number of ether oxygens (including phenoxy) is 1. The van der Waals surface area contributed by atoms with Crippen molar-refractivity contribution in [2.45, 2.75) is 44.6 Å². The van der Waals surface area contributed by atoms with Crippen LogP contribution in [0.1, 0.15) is 20.8 Å². The molecule has 0 aromatic carbocycles. The molecule has 0 aliphatic carbocycles. The van der Waals surface area contributed by atoms with Gasteiger partial charge < -0.3 is 30.5 Å². The number of carbonyl (C=O) groups is 2. The predicted octanol–water partition coefficient (Wildman–Crippen LogP) is -1.84. The Bertz CT molecular complexity index is 313.